The lowest BCUT2D eigenvalue weighted by Crippen LogP contribution is -2.22. The van der Waals surface area contributed by atoms with Crippen LogP contribution in [0.5, 0.6) is 0 Å². The van der Waals surface area contributed by atoms with E-state index < -0.39 is 0 Å². The Morgan fingerprint density at radius 1 is 1.20 bits per heavy atom. The molecule has 4 aromatic rings. The molecule has 1 atom stereocenters. The number of nitrogens with zero attached hydrogens (tertiary/aromatic N) is 3. The zero-order valence-corrected chi connectivity index (χ0v) is 15.4. The number of carbonyl (C=O) groups excluding carboxylic acids is 1. The summed E-state index contributed by atoms with van der Waals surface area (Å²) in [7, 11) is 0. The first-order chi connectivity index (χ1) is 12.1. The highest BCUT2D eigenvalue weighted by atomic mass is 32.2. The van der Waals surface area contributed by atoms with Crippen molar-refractivity contribution >= 4 is 49.9 Å². The van der Waals surface area contributed by atoms with Gasteiger partial charge in [0.15, 0.2) is 5.16 Å². The molecule has 0 unspecified atom stereocenters. The number of benzene rings is 2. The van der Waals surface area contributed by atoms with Gasteiger partial charge < -0.3 is 5.32 Å². The van der Waals surface area contributed by atoms with Crippen LogP contribution in [0.25, 0.3) is 15.2 Å². The zero-order valence-electron chi connectivity index (χ0n) is 13.8. The van der Waals surface area contributed by atoms with E-state index in [1.54, 1.807) is 11.3 Å². The van der Waals surface area contributed by atoms with E-state index in [4.69, 9.17) is 0 Å². The van der Waals surface area contributed by atoms with Gasteiger partial charge in [-0.15, -0.1) is 10.2 Å². The van der Waals surface area contributed by atoms with E-state index in [0.29, 0.717) is 0 Å². The second kappa shape index (κ2) is 6.50. The summed E-state index contributed by atoms with van der Waals surface area (Å²) < 4.78 is 3.17. The third kappa shape index (κ3) is 3.12. The molecule has 25 heavy (non-hydrogen) atoms. The van der Waals surface area contributed by atoms with E-state index in [2.05, 4.69) is 21.6 Å². The van der Waals surface area contributed by atoms with Crippen molar-refractivity contribution in [1.29, 1.82) is 0 Å². The monoisotopic (exact) mass is 368 g/mol. The minimum Gasteiger partial charge on any atom is -0.325 e. The first-order valence-corrected chi connectivity index (χ1v) is 9.58. The molecule has 0 aliphatic carbocycles. The van der Waals surface area contributed by atoms with Crippen molar-refractivity contribution in [3.05, 3.63) is 54.1 Å². The normalized spacial score (nSPS) is 12.6. The maximum atomic E-state index is 12.5. The van der Waals surface area contributed by atoms with Gasteiger partial charge in [-0.05, 0) is 43.7 Å². The number of carbonyl (C=O) groups is 1. The maximum absolute atomic E-state index is 12.5. The van der Waals surface area contributed by atoms with Crippen LogP contribution in [0.1, 0.15) is 12.5 Å². The zero-order chi connectivity index (χ0) is 17.4. The predicted octanol–water partition coefficient (Wildman–Crippen LogP) is 4.37. The third-order valence-corrected chi connectivity index (χ3v) is 5.90. The Hall–Kier alpha value is -2.38. The van der Waals surface area contributed by atoms with Gasteiger partial charge in [-0.3, -0.25) is 9.20 Å². The van der Waals surface area contributed by atoms with Crippen molar-refractivity contribution in [2.75, 3.05) is 5.32 Å². The Bertz CT molecular complexity index is 1070. The van der Waals surface area contributed by atoms with Gasteiger partial charge in [-0.2, -0.15) is 0 Å². The molecular formula is C18H16N4OS2. The van der Waals surface area contributed by atoms with E-state index in [-0.39, 0.29) is 11.2 Å². The van der Waals surface area contributed by atoms with Crippen molar-refractivity contribution in [2.45, 2.75) is 24.3 Å². The number of thioether (sulfide) groups is 1. The van der Waals surface area contributed by atoms with Gasteiger partial charge >= 0.3 is 0 Å². The topological polar surface area (TPSA) is 59.3 Å². The molecule has 2 heterocycles. The second-order valence-electron chi connectivity index (χ2n) is 5.79. The van der Waals surface area contributed by atoms with Crippen molar-refractivity contribution in [3.63, 3.8) is 0 Å². The SMILES string of the molecule is Cc1cccc(NC(=O)[C@@H](C)Sc2nnc3sc4ccccc4n23)c1. The minimum atomic E-state index is -0.286. The Balaban J connectivity index is 1.57. The second-order valence-corrected chi connectivity index (χ2v) is 8.11. The Morgan fingerprint density at radius 3 is 2.88 bits per heavy atom. The minimum absolute atomic E-state index is 0.0492. The Labute approximate surface area is 153 Å². The van der Waals surface area contributed by atoms with Gasteiger partial charge in [0.2, 0.25) is 10.9 Å². The Kier molecular flexibility index (Phi) is 4.19. The number of para-hydroxylation sites is 1. The highest BCUT2D eigenvalue weighted by Gasteiger charge is 2.20. The molecule has 4 rings (SSSR count). The van der Waals surface area contributed by atoms with Gasteiger partial charge in [0.05, 0.1) is 15.5 Å². The van der Waals surface area contributed by atoms with Crippen LogP contribution >= 0.6 is 23.1 Å². The maximum Gasteiger partial charge on any atom is 0.237 e. The number of thiazole rings is 1. The van der Waals surface area contributed by atoms with Crippen LogP contribution in [0.4, 0.5) is 5.69 Å². The third-order valence-electron chi connectivity index (χ3n) is 3.85. The number of nitrogens with one attached hydrogen (secondary N) is 1. The highest BCUT2D eigenvalue weighted by molar-refractivity contribution is 8.00. The number of aromatic nitrogens is 3. The lowest BCUT2D eigenvalue weighted by Gasteiger charge is -2.11. The smallest absolute Gasteiger partial charge is 0.237 e. The molecule has 0 saturated carbocycles. The molecule has 126 valence electrons. The van der Waals surface area contributed by atoms with E-state index in [1.165, 1.54) is 11.8 Å². The fraction of sp³-hybridized carbons (Fsp3) is 0.167. The molecule has 0 spiro atoms. The quantitative estimate of drug-likeness (QED) is 0.543. The number of fused-ring (bicyclic) bond motifs is 3. The molecule has 0 saturated heterocycles. The summed E-state index contributed by atoms with van der Waals surface area (Å²) in [6.45, 7) is 3.88. The lowest BCUT2D eigenvalue weighted by atomic mass is 10.2. The van der Waals surface area contributed by atoms with Gasteiger partial charge in [0, 0.05) is 5.69 Å². The summed E-state index contributed by atoms with van der Waals surface area (Å²) in [6.07, 6.45) is 0. The number of anilines is 1. The van der Waals surface area contributed by atoms with Crippen LogP contribution in [-0.4, -0.2) is 25.8 Å². The molecule has 2 aromatic heterocycles. The average Bonchev–Trinajstić information content (AvgIpc) is 3.14. The van der Waals surface area contributed by atoms with E-state index in [1.807, 2.05) is 60.7 Å². The van der Waals surface area contributed by atoms with Crippen LogP contribution in [0.3, 0.4) is 0 Å². The number of hydrogen-bond donors (Lipinski definition) is 1. The Morgan fingerprint density at radius 2 is 2.04 bits per heavy atom. The molecule has 0 aliphatic rings. The van der Waals surface area contributed by atoms with Crippen molar-refractivity contribution in [2.24, 2.45) is 0 Å². The van der Waals surface area contributed by atoms with Gasteiger partial charge in [0.25, 0.3) is 0 Å². The summed E-state index contributed by atoms with van der Waals surface area (Å²) in [5.41, 5.74) is 2.99. The average molecular weight is 368 g/mol. The van der Waals surface area contributed by atoms with E-state index >= 15 is 0 Å². The first kappa shape index (κ1) is 16.1. The van der Waals surface area contributed by atoms with Crippen molar-refractivity contribution < 1.29 is 4.79 Å². The van der Waals surface area contributed by atoms with Crippen LogP contribution < -0.4 is 5.32 Å². The molecule has 1 N–H and O–H groups in total. The number of rotatable bonds is 4. The molecule has 5 nitrogen and oxygen atoms in total. The largest absolute Gasteiger partial charge is 0.325 e. The fourth-order valence-corrected chi connectivity index (χ4v) is 4.49. The summed E-state index contributed by atoms with van der Waals surface area (Å²) in [4.78, 5) is 13.3. The fourth-order valence-electron chi connectivity index (χ4n) is 2.61. The van der Waals surface area contributed by atoms with Crippen molar-refractivity contribution in [3.8, 4) is 0 Å². The summed E-state index contributed by atoms with van der Waals surface area (Å²) in [6, 6.07) is 15.9. The van der Waals surface area contributed by atoms with Crippen LogP contribution in [0.2, 0.25) is 0 Å². The number of hydrogen-bond acceptors (Lipinski definition) is 5. The summed E-state index contributed by atoms with van der Waals surface area (Å²) >= 11 is 3.01. The van der Waals surface area contributed by atoms with Crippen molar-refractivity contribution in [1.82, 2.24) is 14.6 Å². The van der Waals surface area contributed by atoms with Crippen LogP contribution in [-0.2, 0) is 4.79 Å². The molecule has 7 heteroatoms. The van der Waals surface area contributed by atoms with E-state index in [0.717, 1.165) is 31.6 Å². The summed E-state index contributed by atoms with van der Waals surface area (Å²) in [5.74, 6) is -0.0492. The summed E-state index contributed by atoms with van der Waals surface area (Å²) in [5, 5.41) is 11.9. The number of amides is 1. The van der Waals surface area contributed by atoms with Gasteiger partial charge in [-0.1, -0.05) is 47.4 Å². The lowest BCUT2D eigenvalue weighted by molar-refractivity contribution is -0.115. The van der Waals surface area contributed by atoms with Crippen LogP contribution in [0, 0.1) is 6.92 Å². The molecule has 0 radical (unpaired) electrons. The molecule has 1 amide bonds. The number of aryl methyl sites for hydroxylation is 1. The predicted molar refractivity (Wildman–Crippen MR) is 103 cm³/mol. The standard InChI is InChI=1S/C18H16N4OS2/c1-11-6-5-7-13(10-11)19-16(23)12(2)24-17-20-21-18-22(17)14-8-3-4-9-15(14)25-18/h3-10,12H,1-2H3,(H,19,23)/t12-/m1/s1. The highest BCUT2D eigenvalue weighted by Crippen LogP contribution is 2.31. The van der Waals surface area contributed by atoms with E-state index in [9.17, 15) is 4.79 Å². The van der Waals surface area contributed by atoms with Gasteiger partial charge in [-0.25, -0.2) is 0 Å². The molecule has 0 aliphatic heterocycles. The van der Waals surface area contributed by atoms with Crippen LogP contribution in [0.15, 0.2) is 53.7 Å². The molecule has 0 fully saturated rings. The van der Waals surface area contributed by atoms with Gasteiger partial charge in [0.1, 0.15) is 0 Å². The molecule has 0 bridgehead atoms. The first-order valence-electron chi connectivity index (χ1n) is 7.88. The molecular weight excluding hydrogens is 352 g/mol. The molecule has 2 aromatic carbocycles.